The number of carbonyl (C=O) groups excluding carboxylic acids is 1. The van der Waals surface area contributed by atoms with Crippen molar-refractivity contribution in [3.8, 4) is 5.75 Å². The minimum absolute atomic E-state index is 0.0773. The number of amides is 1. The monoisotopic (exact) mass is 292 g/mol. The fourth-order valence-corrected chi connectivity index (χ4v) is 1.90. The molecule has 0 aliphatic carbocycles. The van der Waals surface area contributed by atoms with Gasteiger partial charge in [0, 0.05) is 12.1 Å². The number of ether oxygens (including phenoxy) is 1. The normalized spacial score (nSPS) is 10.7. The van der Waals surface area contributed by atoms with Crippen molar-refractivity contribution in [2.75, 3.05) is 18.9 Å². The van der Waals surface area contributed by atoms with Gasteiger partial charge < -0.3 is 15.8 Å². The number of nitrogens with two attached hydrogens (primary N) is 1. The molecule has 0 unspecified atom stereocenters. The molecule has 21 heavy (non-hydrogen) atoms. The maximum atomic E-state index is 12.0. The molecular weight excluding hydrogens is 264 g/mol. The zero-order valence-corrected chi connectivity index (χ0v) is 13.4. The number of rotatable bonds is 9. The van der Waals surface area contributed by atoms with E-state index in [1.165, 1.54) is 0 Å². The molecule has 0 radical (unpaired) electrons. The summed E-state index contributed by atoms with van der Waals surface area (Å²) >= 11 is 0. The second kappa shape index (κ2) is 9.27. The Morgan fingerprint density at radius 1 is 1.33 bits per heavy atom. The highest BCUT2D eigenvalue weighted by atomic mass is 16.5. The van der Waals surface area contributed by atoms with Crippen LogP contribution in [0, 0.1) is 5.92 Å². The largest absolute Gasteiger partial charge is 0.491 e. The van der Waals surface area contributed by atoms with Gasteiger partial charge >= 0.3 is 0 Å². The van der Waals surface area contributed by atoms with Gasteiger partial charge in [-0.1, -0.05) is 33.6 Å². The van der Waals surface area contributed by atoms with Crippen LogP contribution in [-0.4, -0.2) is 19.1 Å². The van der Waals surface area contributed by atoms with Gasteiger partial charge in [-0.05, 0) is 37.0 Å². The lowest BCUT2D eigenvalue weighted by molar-refractivity contribution is 0.0953. The third-order valence-corrected chi connectivity index (χ3v) is 3.29. The van der Waals surface area contributed by atoms with E-state index >= 15 is 0 Å². The Bertz CT molecular complexity index is 444. The Morgan fingerprint density at radius 3 is 2.71 bits per heavy atom. The second-order valence-corrected chi connectivity index (χ2v) is 5.75. The summed E-state index contributed by atoms with van der Waals surface area (Å²) in [6, 6.07) is 5.21. The second-order valence-electron chi connectivity index (χ2n) is 5.75. The molecule has 1 amide bonds. The van der Waals surface area contributed by atoms with Crippen LogP contribution in [0.15, 0.2) is 18.2 Å². The topological polar surface area (TPSA) is 64.3 Å². The molecule has 1 rings (SSSR count). The van der Waals surface area contributed by atoms with Crippen LogP contribution in [0.3, 0.4) is 0 Å². The molecule has 0 fully saturated rings. The predicted octanol–water partition coefficient (Wildman–Crippen LogP) is 3.61. The van der Waals surface area contributed by atoms with Crippen molar-refractivity contribution in [2.45, 2.75) is 46.5 Å². The van der Waals surface area contributed by atoms with Crippen molar-refractivity contribution < 1.29 is 9.53 Å². The van der Waals surface area contributed by atoms with E-state index in [9.17, 15) is 4.79 Å². The summed E-state index contributed by atoms with van der Waals surface area (Å²) in [4.78, 5) is 12.0. The Morgan fingerprint density at radius 2 is 2.10 bits per heavy atom. The summed E-state index contributed by atoms with van der Waals surface area (Å²) in [5.41, 5.74) is 7.04. The van der Waals surface area contributed by atoms with E-state index in [2.05, 4.69) is 26.1 Å². The highest BCUT2D eigenvalue weighted by Crippen LogP contribution is 2.23. The minimum atomic E-state index is -0.0773. The van der Waals surface area contributed by atoms with Gasteiger partial charge in [0.25, 0.3) is 5.91 Å². The van der Waals surface area contributed by atoms with E-state index in [0.717, 1.165) is 25.7 Å². The molecular formula is C17H28N2O2. The molecule has 0 saturated carbocycles. The quantitative estimate of drug-likeness (QED) is 0.540. The van der Waals surface area contributed by atoms with Crippen molar-refractivity contribution >= 4 is 11.6 Å². The first-order valence-corrected chi connectivity index (χ1v) is 7.85. The molecule has 1 aromatic carbocycles. The van der Waals surface area contributed by atoms with Crippen molar-refractivity contribution in [3.05, 3.63) is 23.8 Å². The van der Waals surface area contributed by atoms with Crippen molar-refractivity contribution in [3.63, 3.8) is 0 Å². The molecule has 4 heteroatoms. The molecule has 0 bridgehead atoms. The zero-order valence-electron chi connectivity index (χ0n) is 13.4. The van der Waals surface area contributed by atoms with Crippen molar-refractivity contribution in [2.24, 2.45) is 5.92 Å². The summed E-state index contributed by atoms with van der Waals surface area (Å²) in [7, 11) is 0. The molecule has 1 aromatic rings. The van der Waals surface area contributed by atoms with E-state index in [1.807, 2.05) is 0 Å². The molecule has 4 nitrogen and oxygen atoms in total. The lowest BCUT2D eigenvalue weighted by Gasteiger charge is -2.11. The van der Waals surface area contributed by atoms with Gasteiger partial charge in [0.1, 0.15) is 5.75 Å². The highest BCUT2D eigenvalue weighted by Gasteiger charge is 2.08. The van der Waals surface area contributed by atoms with Crippen LogP contribution in [-0.2, 0) is 0 Å². The Kier molecular flexibility index (Phi) is 7.65. The van der Waals surface area contributed by atoms with E-state index < -0.39 is 0 Å². The molecule has 0 spiro atoms. The van der Waals surface area contributed by atoms with Crippen LogP contribution in [0.5, 0.6) is 5.75 Å². The standard InChI is InChI=1S/C17H28N2O2/c1-4-5-6-10-19-17(20)14-7-8-16(15(18)12-14)21-11-9-13(2)3/h7-8,12-13H,4-6,9-11,18H2,1-3H3,(H,19,20). The average Bonchev–Trinajstić information content (AvgIpc) is 2.44. The fourth-order valence-electron chi connectivity index (χ4n) is 1.90. The smallest absolute Gasteiger partial charge is 0.251 e. The van der Waals surface area contributed by atoms with Crippen LogP contribution >= 0.6 is 0 Å². The summed E-state index contributed by atoms with van der Waals surface area (Å²) in [6.45, 7) is 7.79. The van der Waals surface area contributed by atoms with Gasteiger partial charge in [-0.3, -0.25) is 4.79 Å². The van der Waals surface area contributed by atoms with Gasteiger partial charge in [0.05, 0.1) is 12.3 Å². The molecule has 0 aliphatic rings. The van der Waals surface area contributed by atoms with Crippen LogP contribution in [0.4, 0.5) is 5.69 Å². The molecule has 0 heterocycles. The lowest BCUT2D eigenvalue weighted by atomic mass is 10.1. The molecule has 0 aromatic heterocycles. The number of unbranched alkanes of at least 4 members (excludes halogenated alkanes) is 2. The first-order chi connectivity index (χ1) is 10.0. The third-order valence-electron chi connectivity index (χ3n) is 3.29. The van der Waals surface area contributed by atoms with Gasteiger partial charge in [-0.25, -0.2) is 0 Å². The van der Waals surface area contributed by atoms with Crippen LogP contribution < -0.4 is 15.8 Å². The Balaban J connectivity index is 2.50. The summed E-state index contributed by atoms with van der Waals surface area (Å²) in [5.74, 6) is 1.17. The minimum Gasteiger partial charge on any atom is -0.491 e. The Labute approximate surface area is 128 Å². The van der Waals surface area contributed by atoms with E-state index in [-0.39, 0.29) is 5.91 Å². The van der Waals surface area contributed by atoms with E-state index in [0.29, 0.717) is 36.1 Å². The van der Waals surface area contributed by atoms with Gasteiger partial charge in [0.2, 0.25) is 0 Å². The number of nitrogens with one attached hydrogen (secondary N) is 1. The average molecular weight is 292 g/mol. The first-order valence-electron chi connectivity index (χ1n) is 7.85. The van der Waals surface area contributed by atoms with E-state index in [4.69, 9.17) is 10.5 Å². The molecule has 0 aliphatic heterocycles. The summed E-state index contributed by atoms with van der Waals surface area (Å²) in [6.07, 6.45) is 4.27. The van der Waals surface area contributed by atoms with Crippen LogP contribution in [0.2, 0.25) is 0 Å². The summed E-state index contributed by atoms with van der Waals surface area (Å²) in [5, 5.41) is 2.90. The Hall–Kier alpha value is -1.71. The van der Waals surface area contributed by atoms with Crippen molar-refractivity contribution in [1.29, 1.82) is 0 Å². The number of anilines is 1. The number of carbonyl (C=O) groups is 1. The van der Waals surface area contributed by atoms with Gasteiger partial charge in [-0.2, -0.15) is 0 Å². The van der Waals surface area contributed by atoms with Crippen LogP contribution in [0.25, 0.3) is 0 Å². The summed E-state index contributed by atoms with van der Waals surface area (Å²) < 4.78 is 5.64. The number of benzene rings is 1. The number of nitrogen functional groups attached to an aromatic ring is 1. The molecule has 118 valence electrons. The third kappa shape index (κ3) is 6.52. The van der Waals surface area contributed by atoms with Crippen LogP contribution in [0.1, 0.15) is 56.8 Å². The molecule has 0 saturated heterocycles. The maximum absolute atomic E-state index is 12.0. The van der Waals surface area contributed by atoms with Crippen molar-refractivity contribution in [1.82, 2.24) is 5.32 Å². The first kappa shape index (κ1) is 17.3. The van der Waals surface area contributed by atoms with Gasteiger partial charge in [-0.15, -0.1) is 0 Å². The number of hydrogen-bond acceptors (Lipinski definition) is 3. The maximum Gasteiger partial charge on any atom is 0.251 e. The highest BCUT2D eigenvalue weighted by molar-refractivity contribution is 5.95. The fraction of sp³-hybridized carbons (Fsp3) is 0.588. The molecule has 3 N–H and O–H groups in total. The SMILES string of the molecule is CCCCCNC(=O)c1ccc(OCCC(C)C)c(N)c1. The molecule has 0 atom stereocenters. The van der Waals surface area contributed by atoms with Gasteiger partial charge in [0.15, 0.2) is 0 Å². The number of hydrogen-bond donors (Lipinski definition) is 2. The lowest BCUT2D eigenvalue weighted by Crippen LogP contribution is -2.24. The predicted molar refractivity (Wildman–Crippen MR) is 87.7 cm³/mol. The zero-order chi connectivity index (χ0) is 15.7. The van der Waals surface area contributed by atoms with E-state index in [1.54, 1.807) is 18.2 Å².